The molecule has 0 bridgehead atoms. The van der Waals surface area contributed by atoms with Crippen LogP contribution in [0.2, 0.25) is 5.02 Å². The van der Waals surface area contributed by atoms with Crippen LogP contribution < -0.4 is 10.2 Å². The van der Waals surface area contributed by atoms with Gasteiger partial charge in [-0.15, -0.1) is 0 Å². The Kier molecular flexibility index (Phi) is 4.95. The van der Waals surface area contributed by atoms with Gasteiger partial charge in [-0.1, -0.05) is 41.9 Å². The number of rotatable bonds is 5. The minimum Gasteiger partial charge on any atom is -0.493 e. The van der Waals surface area contributed by atoms with E-state index in [4.69, 9.17) is 20.8 Å². The molecule has 0 aliphatic heterocycles. The van der Waals surface area contributed by atoms with Crippen LogP contribution in [0.25, 0.3) is 22.3 Å². The quantitative estimate of drug-likeness (QED) is 0.446. The molecule has 4 heteroatoms. The van der Waals surface area contributed by atoms with E-state index in [0.717, 1.165) is 12.0 Å². The molecule has 0 atom stereocenters. The Balaban J connectivity index is 1.56. The van der Waals surface area contributed by atoms with Gasteiger partial charge in [-0.3, -0.25) is 4.79 Å². The molecule has 0 fully saturated rings. The zero-order valence-electron chi connectivity index (χ0n) is 14.5. The lowest BCUT2D eigenvalue weighted by molar-refractivity contribution is 0.322. The second kappa shape index (κ2) is 7.68. The predicted octanol–water partition coefficient (Wildman–Crippen LogP) is 5.73. The molecule has 0 spiro atoms. The van der Waals surface area contributed by atoms with Gasteiger partial charge in [-0.2, -0.15) is 0 Å². The third-order valence-corrected chi connectivity index (χ3v) is 4.58. The van der Waals surface area contributed by atoms with Crippen molar-refractivity contribution in [3.05, 3.63) is 99.7 Å². The molecule has 0 saturated heterocycles. The van der Waals surface area contributed by atoms with Gasteiger partial charge >= 0.3 is 0 Å². The highest BCUT2D eigenvalue weighted by atomic mass is 35.5. The van der Waals surface area contributed by atoms with Crippen molar-refractivity contribution < 1.29 is 9.15 Å². The van der Waals surface area contributed by atoms with Crippen molar-refractivity contribution in [3.63, 3.8) is 0 Å². The van der Waals surface area contributed by atoms with E-state index in [2.05, 4.69) is 12.1 Å². The lowest BCUT2D eigenvalue weighted by Gasteiger charge is -2.08. The number of hydrogen-bond donors (Lipinski definition) is 0. The lowest BCUT2D eigenvalue weighted by atomic mass is 10.1. The van der Waals surface area contributed by atoms with Crippen LogP contribution in [0, 0.1) is 0 Å². The molecule has 4 aromatic rings. The van der Waals surface area contributed by atoms with Crippen molar-refractivity contribution in [1.82, 2.24) is 0 Å². The second-order valence-corrected chi connectivity index (χ2v) is 6.66. The molecule has 27 heavy (non-hydrogen) atoms. The molecule has 134 valence electrons. The summed E-state index contributed by atoms with van der Waals surface area (Å²) in [7, 11) is 0. The Morgan fingerprint density at radius 1 is 0.889 bits per heavy atom. The number of ether oxygens (including phenoxy) is 1. The topological polar surface area (TPSA) is 39.4 Å². The van der Waals surface area contributed by atoms with Crippen LogP contribution >= 0.6 is 11.6 Å². The van der Waals surface area contributed by atoms with Crippen molar-refractivity contribution in [2.24, 2.45) is 0 Å². The molecule has 0 aliphatic carbocycles. The van der Waals surface area contributed by atoms with E-state index in [9.17, 15) is 4.79 Å². The van der Waals surface area contributed by atoms with Crippen LogP contribution in [0.1, 0.15) is 5.56 Å². The van der Waals surface area contributed by atoms with Crippen molar-refractivity contribution in [1.29, 1.82) is 0 Å². The van der Waals surface area contributed by atoms with E-state index in [0.29, 0.717) is 34.1 Å². The second-order valence-electron chi connectivity index (χ2n) is 6.22. The Morgan fingerprint density at radius 2 is 1.67 bits per heavy atom. The standard InChI is InChI=1S/C23H17ClO3/c24-18-8-6-17(7-9-18)23-15-21(25)20-14-19(10-11-22(20)27-23)26-13-12-16-4-2-1-3-5-16/h1-11,14-15H,12-13H2. The summed E-state index contributed by atoms with van der Waals surface area (Å²) in [6, 6.07) is 24.2. The van der Waals surface area contributed by atoms with E-state index in [1.54, 1.807) is 24.3 Å². The number of benzene rings is 3. The van der Waals surface area contributed by atoms with Gasteiger partial charge in [0.05, 0.1) is 12.0 Å². The number of hydrogen-bond acceptors (Lipinski definition) is 3. The van der Waals surface area contributed by atoms with Gasteiger partial charge in [0.15, 0.2) is 5.43 Å². The Bertz CT molecular complexity index is 1120. The minimum atomic E-state index is -0.102. The predicted molar refractivity (Wildman–Crippen MR) is 109 cm³/mol. The summed E-state index contributed by atoms with van der Waals surface area (Å²) in [6.45, 7) is 0.545. The molecule has 3 aromatic carbocycles. The first kappa shape index (κ1) is 17.4. The minimum absolute atomic E-state index is 0.102. The third kappa shape index (κ3) is 4.04. The van der Waals surface area contributed by atoms with E-state index in [1.165, 1.54) is 11.6 Å². The van der Waals surface area contributed by atoms with Crippen LogP contribution in [0.4, 0.5) is 0 Å². The molecule has 0 unspecified atom stereocenters. The lowest BCUT2D eigenvalue weighted by Crippen LogP contribution is -2.03. The van der Waals surface area contributed by atoms with Crippen molar-refractivity contribution >= 4 is 22.6 Å². The number of halogens is 1. The van der Waals surface area contributed by atoms with Gasteiger partial charge in [-0.05, 0) is 48.0 Å². The van der Waals surface area contributed by atoms with E-state index < -0.39 is 0 Å². The fourth-order valence-electron chi connectivity index (χ4n) is 2.91. The van der Waals surface area contributed by atoms with Crippen LogP contribution in [-0.4, -0.2) is 6.61 Å². The summed E-state index contributed by atoms with van der Waals surface area (Å²) in [4.78, 5) is 12.5. The van der Waals surface area contributed by atoms with Gasteiger partial charge in [0, 0.05) is 23.1 Å². The molecule has 0 amide bonds. The monoisotopic (exact) mass is 376 g/mol. The highest BCUT2D eigenvalue weighted by molar-refractivity contribution is 6.30. The van der Waals surface area contributed by atoms with Gasteiger partial charge in [-0.25, -0.2) is 0 Å². The van der Waals surface area contributed by atoms with Gasteiger partial charge in [0.25, 0.3) is 0 Å². The number of fused-ring (bicyclic) bond motifs is 1. The molecule has 3 nitrogen and oxygen atoms in total. The molecule has 0 radical (unpaired) electrons. The molecule has 0 N–H and O–H groups in total. The molecule has 1 aromatic heterocycles. The maximum Gasteiger partial charge on any atom is 0.193 e. The summed E-state index contributed by atoms with van der Waals surface area (Å²) in [5, 5.41) is 1.14. The first-order valence-electron chi connectivity index (χ1n) is 8.70. The summed E-state index contributed by atoms with van der Waals surface area (Å²) >= 11 is 5.92. The molecule has 4 rings (SSSR count). The molecule has 0 saturated carbocycles. The fraction of sp³-hybridized carbons (Fsp3) is 0.0870. The van der Waals surface area contributed by atoms with E-state index >= 15 is 0 Å². The first-order valence-corrected chi connectivity index (χ1v) is 9.07. The van der Waals surface area contributed by atoms with E-state index in [1.807, 2.05) is 36.4 Å². The van der Waals surface area contributed by atoms with Crippen LogP contribution in [0.3, 0.4) is 0 Å². The molecular formula is C23H17ClO3. The average Bonchev–Trinajstić information content (AvgIpc) is 2.70. The SMILES string of the molecule is O=c1cc(-c2ccc(Cl)cc2)oc2ccc(OCCc3ccccc3)cc12. The molecular weight excluding hydrogens is 360 g/mol. The maximum atomic E-state index is 12.5. The zero-order valence-corrected chi connectivity index (χ0v) is 15.3. The normalized spacial score (nSPS) is 10.9. The summed E-state index contributed by atoms with van der Waals surface area (Å²) in [6.07, 6.45) is 0.809. The van der Waals surface area contributed by atoms with Crippen LogP contribution in [0.5, 0.6) is 5.75 Å². The Morgan fingerprint density at radius 3 is 2.44 bits per heavy atom. The largest absolute Gasteiger partial charge is 0.493 e. The van der Waals surface area contributed by atoms with Gasteiger partial charge in [0.1, 0.15) is 17.1 Å². The average molecular weight is 377 g/mol. The van der Waals surface area contributed by atoms with Crippen molar-refractivity contribution in [3.8, 4) is 17.1 Å². The van der Waals surface area contributed by atoms with Crippen molar-refractivity contribution in [2.45, 2.75) is 6.42 Å². The Hall–Kier alpha value is -3.04. The maximum absolute atomic E-state index is 12.5. The van der Waals surface area contributed by atoms with Gasteiger partial charge in [0.2, 0.25) is 0 Å². The van der Waals surface area contributed by atoms with Gasteiger partial charge < -0.3 is 9.15 Å². The van der Waals surface area contributed by atoms with Crippen molar-refractivity contribution in [2.75, 3.05) is 6.61 Å². The Labute approximate surface area is 161 Å². The third-order valence-electron chi connectivity index (χ3n) is 4.33. The molecule has 1 heterocycles. The first-order chi connectivity index (χ1) is 13.2. The molecule has 0 aliphatic rings. The zero-order chi connectivity index (χ0) is 18.6. The summed E-state index contributed by atoms with van der Waals surface area (Å²) in [5.74, 6) is 1.17. The highest BCUT2D eigenvalue weighted by Crippen LogP contribution is 2.25. The summed E-state index contributed by atoms with van der Waals surface area (Å²) in [5.41, 5.74) is 2.45. The van der Waals surface area contributed by atoms with Crippen LogP contribution in [0.15, 0.2) is 88.1 Å². The van der Waals surface area contributed by atoms with Crippen LogP contribution in [-0.2, 0) is 6.42 Å². The highest BCUT2D eigenvalue weighted by Gasteiger charge is 2.08. The van der Waals surface area contributed by atoms with E-state index in [-0.39, 0.29) is 5.43 Å². The smallest absolute Gasteiger partial charge is 0.193 e. The fourth-order valence-corrected chi connectivity index (χ4v) is 3.04. The summed E-state index contributed by atoms with van der Waals surface area (Å²) < 4.78 is 11.7.